The number of nitrogens with one attached hydrogen (secondary N) is 1. The van der Waals surface area contributed by atoms with Crippen LogP contribution in [0.4, 0.5) is 0 Å². The molecule has 0 saturated heterocycles. The summed E-state index contributed by atoms with van der Waals surface area (Å²) in [6.45, 7) is 5.60. The van der Waals surface area contributed by atoms with E-state index in [0.29, 0.717) is 6.04 Å². The summed E-state index contributed by atoms with van der Waals surface area (Å²) in [7, 11) is 1.71. The van der Waals surface area contributed by atoms with Gasteiger partial charge >= 0.3 is 0 Å². The molecule has 19 heavy (non-hydrogen) atoms. The Labute approximate surface area is 122 Å². The Morgan fingerprint density at radius 2 is 2.16 bits per heavy atom. The lowest BCUT2D eigenvalue weighted by atomic mass is 10.1. The van der Waals surface area contributed by atoms with Crippen LogP contribution < -0.4 is 10.1 Å². The van der Waals surface area contributed by atoms with Gasteiger partial charge in [0.2, 0.25) is 0 Å². The molecule has 0 amide bonds. The van der Waals surface area contributed by atoms with Crippen molar-refractivity contribution >= 4 is 11.8 Å². The molecule has 2 nitrogen and oxygen atoms in total. The molecular formula is C16H27NOS. The number of rotatable bonds is 10. The highest BCUT2D eigenvalue weighted by Crippen LogP contribution is 2.22. The Bertz CT molecular complexity index is 343. The van der Waals surface area contributed by atoms with E-state index in [1.807, 2.05) is 23.9 Å². The first-order valence-corrected chi connectivity index (χ1v) is 8.25. The van der Waals surface area contributed by atoms with E-state index in [0.717, 1.165) is 18.0 Å². The summed E-state index contributed by atoms with van der Waals surface area (Å²) >= 11 is 1.88. The van der Waals surface area contributed by atoms with Gasteiger partial charge in [0.25, 0.3) is 0 Å². The lowest BCUT2D eigenvalue weighted by molar-refractivity contribution is 0.413. The van der Waals surface area contributed by atoms with Crippen molar-refractivity contribution < 1.29 is 4.74 Å². The van der Waals surface area contributed by atoms with Crippen LogP contribution in [0, 0.1) is 0 Å². The van der Waals surface area contributed by atoms with Gasteiger partial charge in [-0.15, -0.1) is 11.8 Å². The molecule has 1 rings (SSSR count). The smallest absolute Gasteiger partial charge is 0.119 e. The molecule has 0 fully saturated rings. The SMILES string of the molecule is CCCCCC(C)NCCSc1cccc(OC)c1. The molecule has 0 heterocycles. The fourth-order valence-electron chi connectivity index (χ4n) is 1.97. The van der Waals surface area contributed by atoms with Crippen molar-refractivity contribution in [3.8, 4) is 5.75 Å². The van der Waals surface area contributed by atoms with Crippen molar-refractivity contribution in [2.24, 2.45) is 0 Å². The first-order valence-electron chi connectivity index (χ1n) is 7.26. The third-order valence-electron chi connectivity index (χ3n) is 3.15. The second-order valence-corrected chi connectivity index (χ2v) is 6.05. The molecule has 0 aliphatic rings. The topological polar surface area (TPSA) is 21.3 Å². The zero-order valence-corrected chi connectivity index (χ0v) is 13.3. The van der Waals surface area contributed by atoms with Gasteiger partial charge in [-0.3, -0.25) is 0 Å². The van der Waals surface area contributed by atoms with Crippen LogP contribution in [0.15, 0.2) is 29.2 Å². The minimum absolute atomic E-state index is 0.637. The van der Waals surface area contributed by atoms with Crippen molar-refractivity contribution in [2.75, 3.05) is 19.4 Å². The molecule has 0 spiro atoms. The molecule has 3 heteroatoms. The standard InChI is InChI=1S/C16H27NOS/c1-4-5-6-8-14(2)17-11-12-19-16-10-7-9-15(13-16)18-3/h7,9-10,13-14,17H,4-6,8,11-12H2,1-3H3. The summed E-state index contributed by atoms with van der Waals surface area (Å²) < 4.78 is 5.23. The van der Waals surface area contributed by atoms with Crippen LogP contribution in [-0.2, 0) is 0 Å². The van der Waals surface area contributed by atoms with Crippen LogP contribution in [0.5, 0.6) is 5.75 Å². The number of hydrogen-bond donors (Lipinski definition) is 1. The first-order chi connectivity index (χ1) is 9.26. The van der Waals surface area contributed by atoms with Crippen molar-refractivity contribution in [1.82, 2.24) is 5.32 Å². The maximum absolute atomic E-state index is 5.23. The molecule has 1 atom stereocenters. The Kier molecular flexibility index (Phi) is 8.76. The van der Waals surface area contributed by atoms with Gasteiger partial charge in [0.05, 0.1) is 7.11 Å². The summed E-state index contributed by atoms with van der Waals surface area (Å²) in [5.74, 6) is 2.04. The van der Waals surface area contributed by atoms with Crippen LogP contribution in [0.2, 0.25) is 0 Å². The van der Waals surface area contributed by atoms with Crippen LogP contribution in [-0.4, -0.2) is 25.4 Å². The zero-order chi connectivity index (χ0) is 13.9. The number of ether oxygens (including phenoxy) is 1. The minimum Gasteiger partial charge on any atom is -0.497 e. The van der Waals surface area contributed by atoms with E-state index in [-0.39, 0.29) is 0 Å². The van der Waals surface area contributed by atoms with E-state index in [1.54, 1.807) is 7.11 Å². The van der Waals surface area contributed by atoms with E-state index < -0.39 is 0 Å². The van der Waals surface area contributed by atoms with E-state index in [9.17, 15) is 0 Å². The number of methoxy groups -OCH3 is 1. The van der Waals surface area contributed by atoms with E-state index in [4.69, 9.17) is 4.74 Å². The maximum Gasteiger partial charge on any atom is 0.119 e. The molecule has 1 N–H and O–H groups in total. The van der Waals surface area contributed by atoms with Gasteiger partial charge in [0.15, 0.2) is 0 Å². The van der Waals surface area contributed by atoms with Gasteiger partial charge < -0.3 is 10.1 Å². The van der Waals surface area contributed by atoms with Gasteiger partial charge in [-0.05, 0) is 31.5 Å². The molecule has 1 unspecified atom stereocenters. The van der Waals surface area contributed by atoms with Gasteiger partial charge in [-0.25, -0.2) is 0 Å². The summed E-state index contributed by atoms with van der Waals surface area (Å²) in [6.07, 6.45) is 5.29. The molecule has 0 aliphatic heterocycles. The van der Waals surface area contributed by atoms with Crippen LogP contribution in [0.1, 0.15) is 39.5 Å². The zero-order valence-electron chi connectivity index (χ0n) is 12.4. The average Bonchev–Trinajstić information content (AvgIpc) is 2.44. The van der Waals surface area contributed by atoms with Crippen molar-refractivity contribution in [1.29, 1.82) is 0 Å². The van der Waals surface area contributed by atoms with Crippen LogP contribution in [0.3, 0.4) is 0 Å². The largest absolute Gasteiger partial charge is 0.497 e. The lowest BCUT2D eigenvalue weighted by Crippen LogP contribution is -2.28. The summed E-state index contributed by atoms with van der Waals surface area (Å²) in [4.78, 5) is 1.28. The Balaban J connectivity index is 2.12. The van der Waals surface area contributed by atoms with Crippen molar-refractivity contribution in [2.45, 2.75) is 50.5 Å². The maximum atomic E-state index is 5.23. The Hall–Kier alpha value is -0.670. The van der Waals surface area contributed by atoms with Crippen molar-refractivity contribution in [3.05, 3.63) is 24.3 Å². The number of hydrogen-bond acceptors (Lipinski definition) is 3. The van der Waals surface area contributed by atoms with Crippen molar-refractivity contribution in [3.63, 3.8) is 0 Å². The van der Waals surface area contributed by atoms with E-state index in [2.05, 4.69) is 31.3 Å². The molecule has 0 saturated carbocycles. The molecule has 1 aromatic rings. The average molecular weight is 281 g/mol. The van der Waals surface area contributed by atoms with Gasteiger partial charge in [-0.2, -0.15) is 0 Å². The number of thioether (sulfide) groups is 1. The first kappa shape index (κ1) is 16.4. The van der Waals surface area contributed by atoms with Gasteiger partial charge in [0.1, 0.15) is 5.75 Å². The van der Waals surface area contributed by atoms with E-state index >= 15 is 0 Å². The predicted octanol–water partition coefficient (Wildman–Crippen LogP) is 4.35. The van der Waals surface area contributed by atoms with Gasteiger partial charge in [-0.1, -0.05) is 32.3 Å². The van der Waals surface area contributed by atoms with E-state index in [1.165, 1.54) is 30.6 Å². The third-order valence-corrected chi connectivity index (χ3v) is 4.14. The minimum atomic E-state index is 0.637. The molecule has 0 radical (unpaired) electrons. The summed E-state index contributed by atoms with van der Waals surface area (Å²) in [5.41, 5.74) is 0. The second kappa shape index (κ2) is 10.2. The quantitative estimate of drug-likeness (QED) is 0.509. The number of unbranched alkanes of at least 4 members (excludes halogenated alkanes) is 2. The highest BCUT2D eigenvalue weighted by Gasteiger charge is 2.01. The molecule has 0 bridgehead atoms. The number of benzene rings is 1. The van der Waals surface area contributed by atoms with Crippen LogP contribution in [0.25, 0.3) is 0 Å². The fourth-order valence-corrected chi connectivity index (χ4v) is 2.80. The summed E-state index contributed by atoms with van der Waals surface area (Å²) in [6, 6.07) is 8.89. The highest BCUT2D eigenvalue weighted by molar-refractivity contribution is 7.99. The highest BCUT2D eigenvalue weighted by atomic mass is 32.2. The predicted molar refractivity (Wildman–Crippen MR) is 85.3 cm³/mol. The Morgan fingerprint density at radius 1 is 1.32 bits per heavy atom. The normalized spacial score (nSPS) is 12.4. The second-order valence-electron chi connectivity index (χ2n) is 4.88. The monoisotopic (exact) mass is 281 g/mol. The fraction of sp³-hybridized carbons (Fsp3) is 0.625. The van der Waals surface area contributed by atoms with Gasteiger partial charge in [0, 0.05) is 23.2 Å². The molecule has 108 valence electrons. The third kappa shape index (κ3) is 7.48. The van der Waals surface area contributed by atoms with Crippen LogP contribution >= 0.6 is 11.8 Å². The summed E-state index contributed by atoms with van der Waals surface area (Å²) in [5, 5.41) is 3.59. The molecule has 0 aliphatic carbocycles. The molecule has 1 aromatic carbocycles. The molecule has 0 aromatic heterocycles. The molecular weight excluding hydrogens is 254 g/mol. The lowest BCUT2D eigenvalue weighted by Gasteiger charge is -2.13. The Morgan fingerprint density at radius 3 is 2.89 bits per heavy atom.